The minimum atomic E-state index is -0.454. The maximum absolute atomic E-state index is 11.4. The van der Waals surface area contributed by atoms with Crippen LogP contribution in [0.15, 0.2) is 48.8 Å². The Balaban J connectivity index is 1.96. The van der Waals surface area contributed by atoms with Crippen molar-refractivity contribution < 1.29 is 14.3 Å². The molecule has 0 atom stereocenters. The zero-order valence-corrected chi connectivity index (χ0v) is 13.4. The maximum Gasteiger partial charge on any atom is 0.336 e. The quantitative estimate of drug-likeness (QED) is 0.580. The molecule has 2 aromatic heterocycles. The number of esters is 1. The molecule has 0 aliphatic carbocycles. The molecule has 0 saturated heterocycles. The molecule has 0 aliphatic rings. The van der Waals surface area contributed by atoms with E-state index < -0.39 is 5.97 Å². The lowest BCUT2D eigenvalue weighted by molar-refractivity contribution is -0.138. The summed E-state index contributed by atoms with van der Waals surface area (Å²) in [6, 6.07) is 7.64. The molecule has 0 saturated carbocycles. The van der Waals surface area contributed by atoms with Gasteiger partial charge in [0.1, 0.15) is 6.61 Å². The van der Waals surface area contributed by atoms with E-state index in [1.165, 1.54) is 5.56 Å². The minimum absolute atomic E-state index is 0.0502. The molecule has 0 unspecified atom stereocenters. The van der Waals surface area contributed by atoms with E-state index in [0.717, 1.165) is 17.7 Å². The molecule has 0 aliphatic heterocycles. The van der Waals surface area contributed by atoms with Gasteiger partial charge in [-0.3, -0.25) is 4.98 Å². The second-order valence-corrected chi connectivity index (χ2v) is 4.90. The first kappa shape index (κ1) is 16.7. The van der Waals surface area contributed by atoms with Crippen molar-refractivity contribution in [3.8, 4) is 17.1 Å². The average molecular weight is 312 g/mol. The minimum Gasteiger partial charge on any atom is -0.473 e. The molecule has 0 radical (unpaired) electrons. The summed E-state index contributed by atoms with van der Waals surface area (Å²) in [5, 5.41) is 0. The van der Waals surface area contributed by atoms with Crippen LogP contribution >= 0.6 is 0 Å². The van der Waals surface area contributed by atoms with E-state index in [4.69, 9.17) is 9.47 Å². The normalized spacial score (nSPS) is 10.2. The Bertz CT molecular complexity index is 664. The molecule has 0 fully saturated rings. The Morgan fingerprint density at radius 1 is 1.13 bits per heavy atom. The van der Waals surface area contributed by atoms with E-state index in [1.54, 1.807) is 19.2 Å². The summed E-state index contributed by atoms with van der Waals surface area (Å²) in [4.78, 5) is 20.1. The summed E-state index contributed by atoms with van der Waals surface area (Å²) in [5.41, 5.74) is 3.22. The number of aryl methyl sites for hydroxylation is 1. The summed E-state index contributed by atoms with van der Waals surface area (Å²) in [7, 11) is 0. The molecule has 0 aromatic carbocycles. The molecule has 2 aromatic rings. The SMILES string of the molecule is C=C(COc1ccc(-c2ccc(CC)cn2)cn1)C(=O)OCC. The fourth-order valence-electron chi connectivity index (χ4n) is 1.87. The number of ether oxygens (including phenoxy) is 2. The summed E-state index contributed by atoms with van der Waals surface area (Å²) >= 11 is 0. The third-order valence-electron chi connectivity index (χ3n) is 3.22. The van der Waals surface area contributed by atoms with Crippen LogP contribution in [0.4, 0.5) is 0 Å². The van der Waals surface area contributed by atoms with Gasteiger partial charge >= 0.3 is 5.97 Å². The zero-order valence-electron chi connectivity index (χ0n) is 13.4. The number of pyridine rings is 2. The second-order valence-electron chi connectivity index (χ2n) is 4.90. The monoisotopic (exact) mass is 312 g/mol. The van der Waals surface area contributed by atoms with Crippen molar-refractivity contribution in [2.45, 2.75) is 20.3 Å². The zero-order chi connectivity index (χ0) is 16.7. The molecule has 5 heteroatoms. The fraction of sp³-hybridized carbons (Fsp3) is 0.278. The van der Waals surface area contributed by atoms with E-state index in [9.17, 15) is 4.79 Å². The van der Waals surface area contributed by atoms with Gasteiger partial charge in [-0.05, 0) is 31.0 Å². The highest BCUT2D eigenvalue weighted by Gasteiger charge is 2.09. The van der Waals surface area contributed by atoms with E-state index in [1.807, 2.05) is 18.3 Å². The highest BCUT2D eigenvalue weighted by Crippen LogP contribution is 2.19. The third-order valence-corrected chi connectivity index (χ3v) is 3.22. The summed E-state index contributed by atoms with van der Waals surface area (Å²) in [6.07, 6.45) is 4.52. The van der Waals surface area contributed by atoms with E-state index in [2.05, 4.69) is 29.5 Å². The molecule has 0 bridgehead atoms. The van der Waals surface area contributed by atoms with Crippen LogP contribution in [0.2, 0.25) is 0 Å². The van der Waals surface area contributed by atoms with Gasteiger partial charge in [-0.25, -0.2) is 9.78 Å². The molecule has 5 nitrogen and oxygen atoms in total. The Kier molecular flexibility index (Phi) is 5.86. The first-order valence-electron chi connectivity index (χ1n) is 7.53. The standard InChI is InChI=1S/C18H20N2O3/c1-4-14-6-8-16(19-10-14)15-7-9-17(20-11-15)23-12-13(3)18(21)22-5-2/h6-11H,3-5,12H2,1-2H3. The molecule has 0 spiro atoms. The number of aromatic nitrogens is 2. The van der Waals surface area contributed by atoms with Crippen molar-refractivity contribution in [2.75, 3.05) is 13.2 Å². The predicted octanol–water partition coefficient (Wildman–Crippen LogP) is 3.20. The molecule has 120 valence electrons. The summed E-state index contributed by atoms with van der Waals surface area (Å²) < 4.78 is 10.3. The van der Waals surface area contributed by atoms with Gasteiger partial charge in [0.05, 0.1) is 17.9 Å². The number of hydrogen-bond donors (Lipinski definition) is 0. The first-order valence-corrected chi connectivity index (χ1v) is 7.53. The molecule has 23 heavy (non-hydrogen) atoms. The first-order chi connectivity index (χ1) is 11.1. The van der Waals surface area contributed by atoms with E-state index in [0.29, 0.717) is 12.5 Å². The highest BCUT2D eigenvalue weighted by molar-refractivity contribution is 5.88. The van der Waals surface area contributed by atoms with Crippen molar-refractivity contribution in [1.82, 2.24) is 9.97 Å². The lowest BCUT2D eigenvalue weighted by Gasteiger charge is -2.08. The second kappa shape index (κ2) is 8.08. The Hall–Kier alpha value is -2.69. The van der Waals surface area contributed by atoms with Crippen LogP contribution in [0.5, 0.6) is 5.88 Å². The van der Waals surface area contributed by atoms with Gasteiger partial charge in [0, 0.05) is 24.0 Å². The lowest BCUT2D eigenvalue weighted by Crippen LogP contribution is -2.13. The van der Waals surface area contributed by atoms with Gasteiger partial charge in [-0.2, -0.15) is 0 Å². The number of carbonyl (C=O) groups excluding carboxylic acids is 1. The molecule has 2 rings (SSSR count). The van der Waals surface area contributed by atoms with Gasteiger partial charge in [0.15, 0.2) is 0 Å². The molecular formula is C18H20N2O3. The van der Waals surface area contributed by atoms with Crippen molar-refractivity contribution in [3.63, 3.8) is 0 Å². The van der Waals surface area contributed by atoms with Crippen molar-refractivity contribution in [3.05, 3.63) is 54.4 Å². The Morgan fingerprint density at radius 3 is 2.52 bits per heavy atom. The number of nitrogens with zero attached hydrogens (tertiary/aromatic N) is 2. The third kappa shape index (κ3) is 4.64. The van der Waals surface area contributed by atoms with Crippen LogP contribution in [0, 0.1) is 0 Å². The van der Waals surface area contributed by atoms with Crippen LogP contribution in [-0.2, 0) is 16.0 Å². The van der Waals surface area contributed by atoms with Crippen molar-refractivity contribution in [1.29, 1.82) is 0 Å². The summed E-state index contributed by atoms with van der Waals surface area (Å²) in [6.45, 7) is 7.83. The molecule has 0 N–H and O–H groups in total. The Labute approximate surface area is 136 Å². The van der Waals surface area contributed by atoms with Crippen LogP contribution < -0.4 is 4.74 Å². The fourth-order valence-corrected chi connectivity index (χ4v) is 1.87. The Morgan fingerprint density at radius 2 is 1.96 bits per heavy atom. The van der Waals surface area contributed by atoms with Gasteiger partial charge in [-0.15, -0.1) is 0 Å². The van der Waals surface area contributed by atoms with Crippen LogP contribution in [0.3, 0.4) is 0 Å². The molecule has 0 amide bonds. The largest absolute Gasteiger partial charge is 0.473 e. The van der Waals surface area contributed by atoms with Crippen LogP contribution in [0.25, 0.3) is 11.3 Å². The molecular weight excluding hydrogens is 292 g/mol. The van der Waals surface area contributed by atoms with Crippen molar-refractivity contribution in [2.24, 2.45) is 0 Å². The topological polar surface area (TPSA) is 61.3 Å². The van der Waals surface area contributed by atoms with Crippen molar-refractivity contribution >= 4 is 5.97 Å². The van der Waals surface area contributed by atoms with Crippen LogP contribution in [0.1, 0.15) is 19.4 Å². The average Bonchev–Trinajstić information content (AvgIpc) is 2.60. The van der Waals surface area contributed by atoms with E-state index in [-0.39, 0.29) is 12.2 Å². The molecule has 2 heterocycles. The van der Waals surface area contributed by atoms with Gasteiger partial charge in [0.25, 0.3) is 0 Å². The highest BCUT2D eigenvalue weighted by atomic mass is 16.5. The smallest absolute Gasteiger partial charge is 0.336 e. The van der Waals surface area contributed by atoms with Gasteiger partial charge in [-0.1, -0.05) is 19.6 Å². The lowest BCUT2D eigenvalue weighted by atomic mass is 10.1. The van der Waals surface area contributed by atoms with Gasteiger partial charge < -0.3 is 9.47 Å². The number of carbonyl (C=O) groups is 1. The van der Waals surface area contributed by atoms with E-state index >= 15 is 0 Å². The number of hydrogen-bond acceptors (Lipinski definition) is 5. The van der Waals surface area contributed by atoms with Gasteiger partial charge in [0.2, 0.25) is 5.88 Å². The predicted molar refractivity (Wildman–Crippen MR) is 88.1 cm³/mol. The number of rotatable bonds is 7. The van der Waals surface area contributed by atoms with Crippen LogP contribution in [-0.4, -0.2) is 29.2 Å². The summed E-state index contributed by atoms with van der Waals surface area (Å²) in [5.74, 6) is -0.0336. The maximum atomic E-state index is 11.4.